The largest absolute Gasteiger partial charge is 0.328 e. The number of rotatable bonds is 5. The lowest BCUT2D eigenvalue weighted by molar-refractivity contribution is 0.795. The van der Waals surface area contributed by atoms with E-state index >= 15 is 0 Å². The van der Waals surface area contributed by atoms with Crippen molar-refractivity contribution in [1.29, 1.82) is 0 Å². The van der Waals surface area contributed by atoms with E-state index in [-0.39, 0.29) is 5.69 Å². The molecule has 0 saturated carbocycles. The third-order valence-corrected chi connectivity index (χ3v) is 10.4. The summed E-state index contributed by atoms with van der Waals surface area (Å²) in [5.74, 6) is 1.82. The van der Waals surface area contributed by atoms with Crippen LogP contribution in [-0.4, -0.2) is 24.1 Å². The average molecular weight is 652 g/mol. The van der Waals surface area contributed by atoms with Crippen LogP contribution in [0.15, 0.2) is 144 Å². The molecule has 3 heterocycles. The van der Waals surface area contributed by atoms with Crippen molar-refractivity contribution in [1.82, 2.24) is 24.1 Å². The molecule has 0 amide bonds. The fraction of sp³-hybridized carbons (Fsp3) is 0.0476. The van der Waals surface area contributed by atoms with Crippen molar-refractivity contribution in [2.75, 3.05) is 0 Å². The van der Waals surface area contributed by atoms with Gasteiger partial charge in [-0.25, -0.2) is 19.7 Å². The molecule has 234 valence electrons. The first-order chi connectivity index (χ1) is 24.0. The molecule has 0 N–H and O–H groups in total. The van der Waals surface area contributed by atoms with Gasteiger partial charge in [-0.2, -0.15) is 0 Å². The number of aryl methyl sites for hydroxylation is 2. The Labute approximate surface area is 286 Å². The predicted molar refractivity (Wildman–Crippen MR) is 202 cm³/mol. The second-order valence-electron chi connectivity index (χ2n) is 12.2. The van der Waals surface area contributed by atoms with Gasteiger partial charge in [-0.05, 0) is 64.7 Å². The Balaban J connectivity index is 1.16. The van der Waals surface area contributed by atoms with Crippen LogP contribution in [0.1, 0.15) is 0 Å². The molecular formula is C42H29N5OS. The zero-order chi connectivity index (χ0) is 33.1. The molecule has 3 aromatic heterocycles. The lowest BCUT2D eigenvalue weighted by atomic mass is 10.0. The summed E-state index contributed by atoms with van der Waals surface area (Å²) in [6.07, 6.45) is 0. The monoisotopic (exact) mass is 651 g/mol. The van der Waals surface area contributed by atoms with Crippen molar-refractivity contribution in [3.63, 3.8) is 0 Å². The molecule has 0 aliphatic rings. The fourth-order valence-corrected chi connectivity index (χ4v) is 7.70. The number of hydrogen-bond acceptors (Lipinski definition) is 5. The van der Waals surface area contributed by atoms with Crippen molar-refractivity contribution < 1.29 is 0 Å². The predicted octanol–water partition coefficient (Wildman–Crippen LogP) is 9.76. The molecule has 49 heavy (non-hydrogen) atoms. The van der Waals surface area contributed by atoms with Gasteiger partial charge in [0, 0.05) is 51.0 Å². The second kappa shape index (κ2) is 11.5. The molecule has 0 saturated heterocycles. The smallest absolute Gasteiger partial charge is 0.295 e. The zero-order valence-corrected chi connectivity index (χ0v) is 27.6. The number of benzene rings is 6. The van der Waals surface area contributed by atoms with Gasteiger partial charge in [0.25, 0.3) is 0 Å². The Hall–Kier alpha value is -6.18. The molecule has 6 nitrogen and oxygen atoms in total. The second-order valence-corrected chi connectivity index (χ2v) is 13.3. The van der Waals surface area contributed by atoms with Crippen LogP contribution in [0.3, 0.4) is 0 Å². The SMILES string of the molecule is Cn1c(=O)n(C)c2cc(-c3cccc(-c4nc(-c5ccccc5)nc(-c5cccc(-c6ccc7sc8ccccc8c7c6)c5)n4)c3)ccc21. The molecule has 9 aromatic rings. The van der Waals surface area contributed by atoms with E-state index in [0.717, 1.165) is 50.0 Å². The van der Waals surface area contributed by atoms with Gasteiger partial charge in [-0.3, -0.25) is 9.13 Å². The topological polar surface area (TPSA) is 65.6 Å². The number of thiophene rings is 1. The van der Waals surface area contributed by atoms with Gasteiger partial charge in [0.05, 0.1) is 11.0 Å². The zero-order valence-electron chi connectivity index (χ0n) is 26.8. The summed E-state index contributed by atoms with van der Waals surface area (Å²) in [7, 11) is 3.60. The van der Waals surface area contributed by atoms with Crippen LogP contribution in [0, 0.1) is 0 Å². The van der Waals surface area contributed by atoms with Crippen LogP contribution < -0.4 is 5.69 Å². The maximum absolute atomic E-state index is 12.6. The van der Waals surface area contributed by atoms with Crippen LogP contribution in [0.5, 0.6) is 0 Å². The summed E-state index contributed by atoms with van der Waals surface area (Å²) in [5.41, 5.74) is 8.73. The molecule has 0 aliphatic heterocycles. The Bertz CT molecular complexity index is 2780. The van der Waals surface area contributed by atoms with Gasteiger partial charge in [-0.15, -0.1) is 11.3 Å². The summed E-state index contributed by atoms with van der Waals surface area (Å²) in [4.78, 5) is 27.6. The van der Waals surface area contributed by atoms with Crippen LogP contribution in [0.2, 0.25) is 0 Å². The van der Waals surface area contributed by atoms with Crippen molar-refractivity contribution in [2.45, 2.75) is 0 Å². The quantitative estimate of drug-likeness (QED) is 0.186. The number of fused-ring (bicyclic) bond motifs is 4. The first-order valence-corrected chi connectivity index (χ1v) is 16.9. The highest BCUT2D eigenvalue weighted by atomic mass is 32.1. The summed E-state index contributed by atoms with van der Waals surface area (Å²) in [5, 5.41) is 2.55. The molecule has 9 rings (SSSR count). The minimum Gasteiger partial charge on any atom is -0.295 e. The lowest BCUT2D eigenvalue weighted by Crippen LogP contribution is -2.19. The van der Waals surface area contributed by atoms with E-state index < -0.39 is 0 Å². The van der Waals surface area contributed by atoms with Crippen LogP contribution in [0.25, 0.3) is 87.6 Å². The summed E-state index contributed by atoms with van der Waals surface area (Å²) >= 11 is 1.82. The number of hydrogen-bond donors (Lipinski definition) is 0. The molecule has 0 unspecified atom stereocenters. The third kappa shape index (κ3) is 5.03. The van der Waals surface area contributed by atoms with E-state index in [1.807, 2.05) is 59.9 Å². The summed E-state index contributed by atoms with van der Waals surface area (Å²) in [6.45, 7) is 0. The lowest BCUT2D eigenvalue weighted by Gasteiger charge is -2.11. The van der Waals surface area contributed by atoms with Crippen LogP contribution in [0.4, 0.5) is 0 Å². The van der Waals surface area contributed by atoms with Gasteiger partial charge < -0.3 is 0 Å². The van der Waals surface area contributed by atoms with E-state index in [2.05, 4.69) is 91.0 Å². The first kappa shape index (κ1) is 29.0. The van der Waals surface area contributed by atoms with Crippen molar-refractivity contribution >= 4 is 42.5 Å². The van der Waals surface area contributed by atoms with Crippen LogP contribution in [-0.2, 0) is 14.1 Å². The molecule has 0 atom stereocenters. The van der Waals surface area contributed by atoms with E-state index in [4.69, 9.17) is 15.0 Å². The minimum atomic E-state index is -0.0448. The van der Waals surface area contributed by atoms with Crippen molar-refractivity contribution in [3.05, 3.63) is 150 Å². The molecule has 7 heteroatoms. The molecule has 0 aliphatic carbocycles. The van der Waals surface area contributed by atoms with E-state index in [0.29, 0.717) is 17.5 Å². The molecule has 0 radical (unpaired) electrons. The summed E-state index contributed by atoms with van der Waals surface area (Å²) in [6, 6.07) is 48.1. The normalized spacial score (nSPS) is 11.6. The minimum absolute atomic E-state index is 0.0448. The van der Waals surface area contributed by atoms with Gasteiger partial charge in [0.1, 0.15) is 0 Å². The van der Waals surface area contributed by atoms with E-state index in [1.54, 1.807) is 23.2 Å². The van der Waals surface area contributed by atoms with Crippen molar-refractivity contribution in [2.24, 2.45) is 14.1 Å². The Morgan fingerprint density at radius 3 is 1.65 bits per heavy atom. The van der Waals surface area contributed by atoms with E-state index in [1.165, 1.54) is 20.2 Å². The highest BCUT2D eigenvalue weighted by Gasteiger charge is 2.15. The molecule has 6 aromatic carbocycles. The number of imidazole rings is 1. The Kier molecular flexibility index (Phi) is 6.81. The summed E-state index contributed by atoms with van der Waals surface area (Å²) < 4.78 is 5.93. The van der Waals surface area contributed by atoms with Gasteiger partial charge in [-0.1, -0.05) is 97.1 Å². The average Bonchev–Trinajstić information content (AvgIpc) is 3.64. The van der Waals surface area contributed by atoms with Gasteiger partial charge in [0.15, 0.2) is 17.5 Å². The maximum Gasteiger partial charge on any atom is 0.328 e. The highest BCUT2D eigenvalue weighted by Crippen LogP contribution is 2.37. The Morgan fingerprint density at radius 1 is 0.429 bits per heavy atom. The Morgan fingerprint density at radius 2 is 0.939 bits per heavy atom. The van der Waals surface area contributed by atoms with Gasteiger partial charge >= 0.3 is 5.69 Å². The van der Waals surface area contributed by atoms with Crippen molar-refractivity contribution in [3.8, 4) is 56.4 Å². The molecular weight excluding hydrogens is 623 g/mol. The fourth-order valence-electron chi connectivity index (χ4n) is 6.62. The highest BCUT2D eigenvalue weighted by molar-refractivity contribution is 7.25. The van der Waals surface area contributed by atoms with Gasteiger partial charge in [0.2, 0.25) is 0 Å². The molecule has 0 fully saturated rings. The molecule has 0 spiro atoms. The molecule has 0 bridgehead atoms. The first-order valence-electron chi connectivity index (χ1n) is 16.1. The standard InChI is InChI=1S/C42H29N5OS/c1-46-35-20-18-30(25-36(35)47(2)42(46)48)28-13-9-15-32(23-28)41-44-39(26-10-4-3-5-11-26)43-40(45-41)31-14-8-12-27(22-31)29-19-21-38-34(24-29)33-16-6-7-17-37(33)49-38/h3-25H,1-2H3. The number of nitrogens with zero attached hydrogens (tertiary/aromatic N) is 5. The maximum atomic E-state index is 12.6. The third-order valence-electron chi connectivity index (χ3n) is 9.22. The van der Waals surface area contributed by atoms with E-state index in [9.17, 15) is 4.79 Å². The van der Waals surface area contributed by atoms with Crippen LogP contribution >= 0.6 is 11.3 Å². The number of aromatic nitrogens is 5.